The summed E-state index contributed by atoms with van der Waals surface area (Å²) in [5, 5.41) is 15.6. The lowest BCUT2D eigenvalue weighted by molar-refractivity contribution is -0.136. The van der Waals surface area contributed by atoms with Crippen LogP contribution in [0.15, 0.2) is 6.20 Å². The number of aliphatic carboxylic acids is 1. The molecule has 0 spiro atoms. The molecule has 0 aromatic carbocycles. The van der Waals surface area contributed by atoms with Crippen molar-refractivity contribution in [3.63, 3.8) is 0 Å². The molecule has 0 amide bonds. The van der Waals surface area contributed by atoms with E-state index in [-0.39, 0.29) is 6.42 Å². The van der Waals surface area contributed by atoms with E-state index in [1.54, 1.807) is 0 Å². The fourth-order valence-corrected chi connectivity index (χ4v) is 0.745. The second-order valence-corrected chi connectivity index (χ2v) is 2.18. The molecule has 1 heterocycles. The van der Waals surface area contributed by atoms with Gasteiger partial charge in [-0.05, 0) is 0 Å². The summed E-state index contributed by atoms with van der Waals surface area (Å²) in [4.78, 5) is 10.2. The lowest BCUT2D eigenvalue weighted by Crippen LogP contribution is -2.00. The second-order valence-electron chi connectivity index (χ2n) is 2.18. The van der Waals surface area contributed by atoms with Crippen LogP contribution in [-0.4, -0.2) is 26.1 Å². The SMILES string of the molecule is C#CCn1cc(CC(=O)O)nn1. The number of carboxylic acid groups (broad SMARTS) is 1. The van der Waals surface area contributed by atoms with Crippen molar-refractivity contribution >= 4 is 5.97 Å². The number of carbonyl (C=O) groups is 1. The topological polar surface area (TPSA) is 68.0 Å². The van der Waals surface area contributed by atoms with Gasteiger partial charge in [0.2, 0.25) is 0 Å². The first-order valence-corrected chi connectivity index (χ1v) is 3.26. The molecule has 0 unspecified atom stereocenters. The predicted octanol–water partition coefficient (Wildman–Crippen LogP) is -0.462. The zero-order chi connectivity index (χ0) is 8.97. The summed E-state index contributed by atoms with van der Waals surface area (Å²) in [6, 6.07) is 0. The maximum Gasteiger partial charge on any atom is 0.309 e. The third-order valence-electron chi connectivity index (χ3n) is 1.17. The van der Waals surface area contributed by atoms with Crippen molar-refractivity contribution in [2.45, 2.75) is 13.0 Å². The van der Waals surface area contributed by atoms with Crippen molar-refractivity contribution < 1.29 is 9.90 Å². The summed E-state index contributed by atoms with van der Waals surface area (Å²) in [6.07, 6.45) is 6.42. The Morgan fingerprint density at radius 2 is 2.58 bits per heavy atom. The summed E-state index contributed by atoms with van der Waals surface area (Å²) in [6.45, 7) is 0.312. The van der Waals surface area contributed by atoms with Gasteiger partial charge in [-0.2, -0.15) is 0 Å². The number of rotatable bonds is 3. The molecule has 1 aromatic heterocycles. The van der Waals surface area contributed by atoms with E-state index in [2.05, 4.69) is 16.2 Å². The lowest BCUT2D eigenvalue weighted by Gasteiger charge is -1.87. The van der Waals surface area contributed by atoms with Gasteiger partial charge in [-0.15, -0.1) is 11.5 Å². The van der Waals surface area contributed by atoms with E-state index in [1.165, 1.54) is 10.9 Å². The minimum absolute atomic E-state index is 0.120. The van der Waals surface area contributed by atoms with Gasteiger partial charge in [-0.3, -0.25) is 4.79 Å². The molecule has 0 aliphatic heterocycles. The van der Waals surface area contributed by atoms with Gasteiger partial charge in [-0.25, -0.2) is 4.68 Å². The van der Waals surface area contributed by atoms with Crippen LogP contribution in [-0.2, 0) is 17.8 Å². The molecule has 5 nitrogen and oxygen atoms in total. The standard InChI is InChI=1S/C7H7N3O2/c1-2-3-10-5-6(8-9-10)4-7(11)12/h1,5H,3-4H2,(H,11,12). The third kappa shape index (κ3) is 2.09. The zero-order valence-corrected chi connectivity index (χ0v) is 6.27. The molecule has 0 saturated carbocycles. The molecule has 0 radical (unpaired) electrons. The Balaban J connectivity index is 2.65. The van der Waals surface area contributed by atoms with Crippen LogP contribution >= 0.6 is 0 Å². The van der Waals surface area contributed by atoms with Crippen molar-refractivity contribution in [3.05, 3.63) is 11.9 Å². The maximum absolute atomic E-state index is 10.2. The van der Waals surface area contributed by atoms with Crippen LogP contribution in [0.2, 0.25) is 0 Å². The molecule has 5 heteroatoms. The highest BCUT2D eigenvalue weighted by molar-refractivity contribution is 5.69. The average Bonchev–Trinajstić information content (AvgIpc) is 2.36. The van der Waals surface area contributed by atoms with Gasteiger partial charge in [-0.1, -0.05) is 11.1 Å². The molecule has 1 rings (SSSR count). The van der Waals surface area contributed by atoms with Crippen LogP contribution in [0.3, 0.4) is 0 Å². The number of aromatic nitrogens is 3. The second kappa shape index (κ2) is 3.53. The zero-order valence-electron chi connectivity index (χ0n) is 6.27. The van der Waals surface area contributed by atoms with E-state index in [4.69, 9.17) is 11.5 Å². The smallest absolute Gasteiger partial charge is 0.309 e. The molecule has 0 aliphatic rings. The van der Waals surface area contributed by atoms with Gasteiger partial charge in [0.1, 0.15) is 6.54 Å². The molecular formula is C7H7N3O2. The van der Waals surface area contributed by atoms with Gasteiger partial charge < -0.3 is 5.11 Å². The molecule has 0 fully saturated rings. The number of hydrogen-bond acceptors (Lipinski definition) is 3. The van der Waals surface area contributed by atoms with Crippen LogP contribution < -0.4 is 0 Å². The molecule has 0 aliphatic carbocycles. The molecular weight excluding hydrogens is 158 g/mol. The number of nitrogens with zero attached hydrogens (tertiary/aromatic N) is 3. The van der Waals surface area contributed by atoms with Gasteiger partial charge in [0, 0.05) is 0 Å². The highest BCUT2D eigenvalue weighted by atomic mass is 16.4. The summed E-state index contributed by atoms with van der Waals surface area (Å²) in [5.41, 5.74) is 0.415. The van der Waals surface area contributed by atoms with Crippen molar-refractivity contribution in [2.75, 3.05) is 0 Å². The Labute approximate surface area is 69.0 Å². The van der Waals surface area contributed by atoms with E-state index < -0.39 is 5.97 Å². The fourth-order valence-electron chi connectivity index (χ4n) is 0.745. The average molecular weight is 165 g/mol. The summed E-state index contributed by atoms with van der Waals surface area (Å²) < 4.78 is 1.41. The van der Waals surface area contributed by atoms with E-state index >= 15 is 0 Å². The highest BCUT2D eigenvalue weighted by Gasteiger charge is 2.04. The fraction of sp³-hybridized carbons (Fsp3) is 0.286. The van der Waals surface area contributed by atoms with Crippen LogP contribution in [0.1, 0.15) is 5.69 Å². The largest absolute Gasteiger partial charge is 0.481 e. The summed E-state index contributed by atoms with van der Waals surface area (Å²) in [5.74, 6) is 1.44. The van der Waals surface area contributed by atoms with Crippen molar-refractivity contribution in [3.8, 4) is 12.3 Å². The minimum atomic E-state index is -0.928. The normalized spacial score (nSPS) is 9.25. The van der Waals surface area contributed by atoms with Crippen molar-refractivity contribution in [1.29, 1.82) is 0 Å². The number of hydrogen-bond donors (Lipinski definition) is 1. The van der Waals surface area contributed by atoms with Gasteiger partial charge in [0.15, 0.2) is 0 Å². The predicted molar refractivity (Wildman–Crippen MR) is 40.2 cm³/mol. The van der Waals surface area contributed by atoms with E-state index in [1.807, 2.05) is 0 Å². The van der Waals surface area contributed by atoms with Crippen LogP contribution in [0.25, 0.3) is 0 Å². The van der Waals surface area contributed by atoms with Crippen molar-refractivity contribution in [1.82, 2.24) is 15.0 Å². The number of terminal acetylenes is 1. The minimum Gasteiger partial charge on any atom is -0.481 e. The van der Waals surface area contributed by atoms with Crippen LogP contribution in [0.5, 0.6) is 0 Å². The first-order chi connectivity index (χ1) is 5.72. The summed E-state index contributed by atoms with van der Waals surface area (Å²) in [7, 11) is 0. The molecule has 0 saturated heterocycles. The first-order valence-electron chi connectivity index (χ1n) is 3.26. The molecule has 1 aromatic rings. The van der Waals surface area contributed by atoms with E-state index in [0.717, 1.165) is 0 Å². The first kappa shape index (κ1) is 8.27. The Kier molecular flexibility index (Phi) is 2.43. The van der Waals surface area contributed by atoms with E-state index in [0.29, 0.717) is 12.2 Å². The van der Waals surface area contributed by atoms with Crippen molar-refractivity contribution in [2.24, 2.45) is 0 Å². The van der Waals surface area contributed by atoms with Crippen LogP contribution in [0.4, 0.5) is 0 Å². The Morgan fingerprint density at radius 1 is 1.83 bits per heavy atom. The molecule has 1 N–H and O–H groups in total. The summed E-state index contributed by atoms with van der Waals surface area (Å²) >= 11 is 0. The highest BCUT2D eigenvalue weighted by Crippen LogP contribution is 1.93. The lowest BCUT2D eigenvalue weighted by atomic mass is 10.3. The molecule has 62 valence electrons. The number of carboxylic acids is 1. The Hall–Kier alpha value is -1.83. The molecule has 0 atom stereocenters. The quantitative estimate of drug-likeness (QED) is 0.615. The van der Waals surface area contributed by atoms with Gasteiger partial charge in [0.05, 0.1) is 18.3 Å². The Bertz CT molecular complexity index is 324. The Morgan fingerprint density at radius 3 is 3.17 bits per heavy atom. The molecule has 12 heavy (non-hydrogen) atoms. The third-order valence-corrected chi connectivity index (χ3v) is 1.17. The molecule has 0 bridgehead atoms. The van der Waals surface area contributed by atoms with E-state index in [9.17, 15) is 4.79 Å². The van der Waals surface area contributed by atoms with Crippen LogP contribution in [0, 0.1) is 12.3 Å². The van der Waals surface area contributed by atoms with Gasteiger partial charge in [0.25, 0.3) is 0 Å². The van der Waals surface area contributed by atoms with Gasteiger partial charge >= 0.3 is 5.97 Å². The maximum atomic E-state index is 10.2. The monoisotopic (exact) mass is 165 g/mol.